The molecule has 2 heterocycles. The molecule has 0 saturated heterocycles. The van der Waals surface area contributed by atoms with E-state index < -0.39 is 5.82 Å². The van der Waals surface area contributed by atoms with E-state index >= 15 is 0 Å². The van der Waals surface area contributed by atoms with Gasteiger partial charge in [0.25, 0.3) is 0 Å². The Labute approximate surface area is 152 Å². The summed E-state index contributed by atoms with van der Waals surface area (Å²) in [5.41, 5.74) is 4.42. The molecule has 25 heavy (non-hydrogen) atoms. The fourth-order valence-electron chi connectivity index (χ4n) is 2.79. The van der Waals surface area contributed by atoms with Crippen molar-refractivity contribution in [3.05, 3.63) is 58.2 Å². The molecule has 0 aliphatic carbocycles. The zero-order valence-electron chi connectivity index (χ0n) is 13.2. The number of benzene rings is 2. The zero-order chi connectivity index (χ0) is 17.6. The summed E-state index contributed by atoms with van der Waals surface area (Å²) in [6, 6.07) is 10.4. The van der Waals surface area contributed by atoms with Crippen molar-refractivity contribution in [1.29, 1.82) is 0 Å². The molecule has 0 spiro atoms. The minimum absolute atomic E-state index is 0.0641. The lowest BCUT2D eigenvalue weighted by Crippen LogP contribution is -2.20. The lowest BCUT2D eigenvalue weighted by molar-refractivity contribution is -0.117. The summed E-state index contributed by atoms with van der Waals surface area (Å²) in [6.45, 7) is 0. The summed E-state index contributed by atoms with van der Waals surface area (Å²) in [5, 5.41) is 5.81. The summed E-state index contributed by atoms with van der Waals surface area (Å²) in [5.74, 6) is -0.356. The van der Waals surface area contributed by atoms with Crippen LogP contribution in [0.2, 0.25) is 5.02 Å². The van der Waals surface area contributed by atoms with E-state index in [2.05, 4.69) is 10.3 Å². The number of hydrogen-bond donors (Lipinski definition) is 1. The molecular formula is C18H13ClFN3OS. The Bertz CT molecular complexity index is 988. The van der Waals surface area contributed by atoms with Gasteiger partial charge in [0, 0.05) is 29.4 Å². The lowest BCUT2D eigenvalue weighted by Gasteiger charge is -2.09. The molecule has 1 aromatic heterocycles. The van der Waals surface area contributed by atoms with Gasteiger partial charge in [0.05, 0.1) is 17.1 Å². The van der Waals surface area contributed by atoms with E-state index in [9.17, 15) is 9.18 Å². The van der Waals surface area contributed by atoms with Crippen molar-refractivity contribution < 1.29 is 9.18 Å². The normalized spacial score (nSPS) is 13.2. The third-order valence-corrected chi connectivity index (χ3v) is 5.17. The summed E-state index contributed by atoms with van der Waals surface area (Å²) in [7, 11) is 1.78. The van der Waals surface area contributed by atoms with E-state index in [0.29, 0.717) is 17.2 Å². The van der Waals surface area contributed by atoms with Gasteiger partial charge in [0.15, 0.2) is 5.13 Å². The van der Waals surface area contributed by atoms with Gasteiger partial charge in [-0.1, -0.05) is 17.7 Å². The standard InChI is InChI=1S/C18H13ClFN3OS/c1-23-16-5-2-10(6-11(16)7-17(23)24)15-9-25-18(22-15)21-12-3-4-14(20)13(19)8-12/h2-6,8-9H,7H2,1H3,(H,21,22). The maximum atomic E-state index is 13.2. The number of fused-ring (bicyclic) bond motifs is 1. The van der Waals surface area contributed by atoms with Gasteiger partial charge in [0.1, 0.15) is 5.82 Å². The smallest absolute Gasteiger partial charge is 0.231 e. The number of aromatic nitrogens is 1. The third-order valence-electron chi connectivity index (χ3n) is 4.13. The molecule has 0 saturated carbocycles. The molecular weight excluding hydrogens is 361 g/mol. The number of halogens is 2. The van der Waals surface area contributed by atoms with Crippen molar-refractivity contribution in [3.8, 4) is 11.3 Å². The van der Waals surface area contributed by atoms with Gasteiger partial charge in [-0.15, -0.1) is 11.3 Å². The van der Waals surface area contributed by atoms with E-state index in [-0.39, 0.29) is 10.9 Å². The Morgan fingerprint density at radius 2 is 2.12 bits per heavy atom. The number of rotatable bonds is 3. The number of carbonyl (C=O) groups excluding carboxylic acids is 1. The molecule has 2 aromatic carbocycles. The molecule has 3 aromatic rings. The Morgan fingerprint density at radius 1 is 1.28 bits per heavy atom. The molecule has 1 amide bonds. The fourth-order valence-corrected chi connectivity index (χ4v) is 3.71. The first kappa shape index (κ1) is 16.1. The Morgan fingerprint density at radius 3 is 2.92 bits per heavy atom. The molecule has 126 valence electrons. The van der Waals surface area contributed by atoms with Crippen LogP contribution in [-0.2, 0) is 11.2 Å². The lowest BCUT2D eigenvalue weighted by atomic mass is 10.1. The van der Waals surface area contributed by atoms with Crippen LogP contribution in [0.3, 0.4) is 0 Å². The predicted octanol–water partition coefficient (Wildman–Crippen LogP) is 4.87. The summed E-state index contributed by atoms with van der Waals surface area (Å²) in [6.07, 6.45) is 0.420. The van der Waals surface area contributed by atoms with Gasteiger partial charge in [-0.05, 0) is 35.9 Å². The number of amides is 1. The minimum atomic E-state index is -0.454. The number of nitrogens with zero attached hydrogens (tertiary/aromatic N) is 2. The monoisotopic (exact) mass is 373 g/mol. The van der Waals surface area contributed by atoms with Crippen LogP contribution in [0.4, 0.5) is 20.9 Å². The van der Waals surface area contributed by atoms with Crippen LogP contribution < -0.4 is 10.2 Å². The largest absolute Gasteiger partial charge is 0.331 e. The molecule has 0 bridgehead atoms. The molecule has 4 rings (SSSR count). The molecule has 0 fully saturated rings. The maximum Gasteiger partial charge on any atom is 0.231 e. The fraction of sp³-hybridized carbons (Fsp3) is 0.111. The molecule has 7 heteroatoms. The van der Waals surface area contributed by atoms with E-state index in [1.54, 1.807) is 18.0 Å². The second-order valence-corrected chi connectivity index (χ2v) is 7.03. The predicted molar refractivity (Wildman–Crippen MR) is 99.4 cm³/mol. The van der Waals surface area contributed by atoms with Gasteiger partial charge >= 0.3 is 0 Å². The van der Waals surface area contributed by atoms with Crippen LogP contribution in [0.15, 0.2) is 41.8 Å². The van der Waals surface area contributed by atoms with E-state index in [4.69, 9.17) is 11.6 Å². The summed E-state index contributed by atoms with van der Waals surface area (Å²) >= 11 is 7.24. The van der Waals surface area contributed by atoms with E-state index in [1.165, 1.54) is 23.5 Å². The Hall–Kier alpha value is -2.44. The maximum absolute atomic E-state index is 13.2. The average Bonchev–Trinajstić information content (AvgIpc) is 3.16. The highest BCUT2D eigenvalue weighted by atomic mass is 35.5. The number of likely N-dealkylation sites (N-methyl/N-ethyl adjacent to an activating group) is 1. The van der Waals surface area contributed by atoms with Gasteiger partial charge < -0.3 is 10.2 Å². The van der Waals surface area contributed by atoms with Crippen molar-refractivity contribution in [2.24, 2.45) is 0 Å². The first-order valence-electron chi connectivity index (χ1n) is 7.59. The highest BCUT2D eigenvalue weighted by Crippen LogP contribution is 2.34. The highest BCUT2D eigenvalue weighted by molar-refractivity contribution is 7.14. The van der Waals surface area contributed by atoms with Crippen molar-refractivity contribution >= 4 is 45.4 Å². The minimum Gasteiger partial charge on any atom is -0.331 e. The van der Waals surface area contributed by atoms with E-state index in [0.717, 1.165) is 22.5 Å². The molecule has 0 radical (unpaired) electrons. The van der Waals surface area contributed by atoms with Gasteiger partial charge in [-0.2, -0.15) is 0 Å². The molecule has 4 nitrogen and oxygen atoms in total. The van der Waals surface area contributed by atoms with Gasteiger partial charge in [0.2, 0.25) is 5.91 Å². The first-order valence-corrected chi connectivity index (χ1v) is 8.84. The van der Waals surface area contributed by atoms with Crippen LogP contribution in [-0.4, -0.2) is 17.9 Å². The van der Waals surface area contributed by atoms with Crippen LogP contribution in [0, 0.1) is 5.82 Å². The zero-order valence-corrected chi connectivity index (χ0v) is 14.8. The average molecular weight is 374 g/mol. The van der Waals surface area contributed by atoms with Gasteiger partial charge in [-0.25, -0.2) is 9.37 Å². The van der Waals surface area contributed by atoms with Crippen LogP contribution >= 0.6 is 22.9 Å². The van der Waals surface area contributed by atoms with Crippen LogP contribution in [0.1, 0.15) is 5.56 Å². The van der Waals surface area contributed by atoms with Crippen molar-refractivity contribution in [1.82, 2.24) is 4.98 Å². The SMILES string of the molecule is CN1C(=O)Cc2cc(-c3csc(Nc4ccc(F)c(Cl)c4)n3)ccc21. The molecule has 1 aliphatic heterocycles. The molecule has 0 atom stereocenters. The van der Waals surface area contributed by atoms with Crippen LogP contribution in [0.25, 0.3) is 11.3 Å². The van der Waals surface area contributed by atoms with Crippen molar-refractivity contribution in [3.63, 3.8) is 0 Å². The number of nitrogens with one attached hydrogen (secondary N) is 1. The highest BCUT2D eigenvalue weighted by Gasteiger charge is 2.24. The molecule has 1 N–H and O–H groups in total. The molecule has 0 unspecified atom stereocenters. The van der Waals surface area contributed by atoms with Gasteiger partial charge in [-0.3, -0.25) is 4.79 Å². The van der Waals surface area contributed by atoms with Crippen molar-refractivity contribution in [2.75, 3.05) is 17.3 Å². The number of carbonyl (C=O) groups is 1. The molecule has 1 aliphatic rings. The van der Waals surface area contributed by atoms with Crippen LogP contribution in [0.5, 0.6) is 0 Å². The second kappa shape index (κ2) is 6.13. The summed E-state index contributed by atoms with van der Waals surface area (Å²) < 4.78 is 13.2. The van der Waals surface area contributed by atoms with Crippen molar-refractivity contribution in [2.45, 2.75) is 6.42 Å². The topological polar surface area (TPSA) is 45.2 Å². The summed E-state index contributed by atoms with van der Waals surface area (Å²) in [4.78, 5) is 18.0. The number of thiazole rings is 1. The quantitative estimate of drug-likeness (QED) is 0.712. The number of hydrogen-bond acceptors (Lipinski definition) is 4. The second-order valence-electron chi connectivity index (χ2n) is 5.76. The number of anilines is 3. The Kier molecular flexibility index (Phi) is 3.94. The van der Waals surface area contributed by atoms with E-state index in [1.807, 2.05) is 23.6 Å². The first-order chi connectivity index (χ1) is 12.0. The third kappa shape index (κ3) is 2.99. The Balaban J connectivity index is 1.58.